The molecule has 1 amide bonds. The normalized spacial score (nSPS) is 15.8. The maximum Gasteiger partial charge on any atom is 0.413 e. The van der Waals surface area contributed by atoms with Crippen molar-refractivity contribution < 1.29 is 9.53 Å². The van der Waals surface area contributed by atoms with Gasteiger partial charge in [0.25, 0.3) is 0 Å². The molecule has 0 aliphatic carbocycles. The Kier molecular flexibility index (Phi) is 3.21. The lowest BCUT2D eigenvalue weighted by Crippen LogP contribution is -2.28. The third-order valence-corrected chi connectivity index (χ3v) is 2.09. The predicted molar refractivity (Wildman–Crippen MR) is 47.8 cm³/mol. The first-order chi connectivity index (χ1) is 5.72. The molecule has 1 rings (SSSR count). The Hall–Kier alpha value is -0.910. The Bertz CT molecular complexity index is 207. The molecule has 1 aliphatic rings. The van der Waals surface area contributed by atoms with E-state index in [0.717, 1.165) is 5.88 Å². The summed E-state index contributed by atoms with van der Waals surface area (Å²) in [4.78, 5) is 10.9. The van der Waals surface area contributed by atoms with Crippen molar-refractivity contribution in [3.63, 3.8) is 0 Å². The Morgan fingerprint density at radius 2 is 2.67 bits per heavy atom. The van der Waals surface area contributed by atoms with E-state index in [-0.39, 0.29) is 0 Å². The van der Waals surface area contributed by atoms with Crippen molar-refractivity contribution in [2.75, 3.05) is 19.5 Å². The first-order valence-electron chi connectivity index (χ1n) is 3.58. The summed E-state index contributed by atoms with van der Waals surface area (Å²) in [5.74, 6) is 0.766. The average Bonchev–Trinajstić information content (AvgIpc) is 2.36. The minimum Gasteiger partial charge on any atom is -0.450 e. The maximum absolute atomic E-state index is 10.9. The molecule has 1 aliphatic heterocycles. The van der Waals surface area contributed by atoms with E-state index in [0.29, 0.717) is 11.8 Å². The van der Waals surface area contributed by atoms with Gasteiger partial charge >= 0.3 is 6.09 Å². The molecule has 6 heteroatoms. The highest BCUT2D eigenvalue weighted by molar-refractivity contribution is 8.14. The molecule has 0 radical (unpaired) electrons. The van der Waals surface area contributed by atoms with Crippen LogP contribution in [0, 0.1) is 0 Å². The molecule has 0 aromatic heterocycles. The van der Waals surface area contributed by atoms with Crippen LogP contribution >= 0.6 is 11.8 Å². The molecule has 0 unspecified atom stereocenters. The van der Waals surface area contributed by atoms with E-state index in [1.54, 1.807) is 11.9 Å². The highest BCUT2D eigenvalue weighted by Crippen LogP contribution is 2.12. The van der Waals surface area contributed by atoms with Crippen LogP contribution < -0.4 is 5.32 Å². The van der Waals surface area contributed by atoms with Crippen LogP contribution in [0.4, 0.5) is 4.79 Å². The molecule has 0 saturated carbocycles. The van der Waals surface area contributed by atoms with Crippen LogP contribution in [-0.2, 0) is 4.74 Å². The van der Waals surface area contributed by atoms with Crippen molar-refractivity contribution in [3.8, 4) is 0 Å². The first-order valence-corrected chi connectivity index (χ1v) is 4.57. The van der Waals surface area contributed by atoms with Gasteiger partial charge in [-0.25, -0.2) is 4.79 Å². The summed E-state index contributed by atoms with van der Waals surface area (Å²) in [6.07, 6.45) is -0.445. The number of hydrogen-bond acceptors (Lipinski definition) is 5. The zero-order chi connectivity index (χ0) is 8.97. The van der Waals surface area contributed by atoms with Crippen LogP contribution in [-0.4, -0.2) is 35.8 Å². The van der Waals surface area contributed by atoms with Crippen molar-refractivity contribution in [1.82, 2.24) is 10.3 Å². The van der Waals surface area contributed by atoms with Crippen molar-refractivity contribution in [2.45, 2.75) is 6.92 Å². The number of rotatable bonds is 1. The van der Waals surface area contributed by atoms with Gasteiger partial charge in [0.1, 0.15) is 0 Å². The number of nitrogens with zero attached hydrogens (tertiary/aromatic N) is 2. The number of alkyl carbamates (subject to hydrolysis) is 1. The van der Waals surface area contributed by atoms with E-state index in [9.17, 15) is 4.79 Å². The number of carbonyl (C=O) groups is 1. The topological polar surface area (TPSA) is 53.9 Å². The molecule has 1 heterocycles. The van der Waals surface area contributed by atoms with Gasteiger partial charge in [0.2, 0.25) is 0 Å². The quantitative estimate of drug-likeness (QED) is 0.657. The Morgan fingerprint density at radius 1 is 1.92 bits per heavy atom. The summed E-state index contributed by atoms with van der Waals surface area (Å²) in [5, 5.41) is 8.87. The van der Waals surface area contributed by atoms with Gasteiger partial charge in [-0.05, 0) is 6.92 Å². The van der Waals surface area contributed by atoms with Crippen molar-refractivity contribution in [3.05, 3.63) is 0 Å². The SMILES string of the molecule is CCOC(=O)NC1=NN(C)CS1. The van der Waals surface area contributed by atoms with Gasteiger partial charge in [0.05, 0.1) is 12.5 Å². The molecular weight excluding hydrogens is 178 g/mol. The van der Waals surface area contributed by atoms with Gasteiger partial charge in [-0.3, -0.25) is 10.3 Å². The van der Waals surface area contributed by atoms with Crippen LogP contribution in [0.2, 0.25) is 0 Å². The summed E-state index contributed by atoms with van der Waals surface area (Å²) < 4.78 is 4.68. The molecule has 1 N–H and O–H groups in total. The average molecular weight is 189 g/mol. The lowest BCUT2D eigenvalue weighted by atomic mass is 10.9. The fourth-order valence-electron chi connectivity index (χ4n) is 0.683. The molecular formula is C6H11N3O2S. The lowest BCUT2D eigenvalue weighted by molar-refractivity contribution is 0.158. The number of hydrazone groups is 1. The molecule has 0 aromatic rings. The van der Waals surface area contributed by atoms with Crippen molar-refractivity contribution in [1.29, 1.82) is 0 Å². The zero-order valence-electron chi connectivity index (χ0n) is 7.03. The summed E-state index contributed by atoms with van der Waals surface area (Å²) >= 11 is 1.47. The number of thioether (sulfide) groups is 1. The minimum absolute atomic E-state index is 0.375. The Morgan fingerprint density at radius 3 is 3.17 bits per heavy atom. The molecule has 12 heavy (non-hydrogen) atoms. The second kappa shape index (κ2) is 4.20. The second-order valence-corrected chi connectivity index (χ2v) is 3.12. The van der Waals surface area contributed by atoms with Gasteiger partial charge in [-0.1, -0.05) is 11.8 Å². The van der Waals surface area contributed by atoms with Gasteiger partial charge in [-0.2, -0.15) is 5.10 Å². The van der Waals surface area contributed by atoms with Crippen LogP contribution in [0.1, 0.15) is 6.92 Å². The van der Waals surface area contributed by atoms with Crippen LogP contribution in [0.3, 0.4) is 0 Å². The van der Waals surface area contributed by atoms with Crippen LogP contribution in [0.5, 0.6) is 0 Å². The minimum atomic E-state index is -0.445. The van der Waals surface area contributed by atoms with Gasteiger partial charge in [0, 0.05) is 7.05 Å². The number of carbonyl (C=O) groups excluding carboxylic acids is 1. The van der Waals surface area contributed by atoms with Gasteiger partial charge in [-0.15, -0.1) is 0 Å². The fraction of sp³-hybridized carbons (Fsp3) is 0.667. The van der Waals surface area contributed by atoms with E-state index in [1.807, 2.05) is 7.05 Å². The summed E-state index contributed by atoms with van der Waals surface area (Å²) in [6.45, 7) is 2.13. The summed E-state index contributed by atoms with van der Waals surface area (Å²) in [7, 11) is 1.84. The third-order valence-electron chi connectivity index (χ3n) is 1.13. The van der Waals surface area contributed by atoms with Gasteiger partial charge < -0.3 is 4.74 Å². The monoisotopic (exact) mass is 189 g/mol. The fourth-order valence-corrected chi connectivity index (χ4v) is 1.40. The van der Waals surface area contributed by atoms with Crippen LogP contribution in [0.15, 0.2) is 5.10 Å². The number of ether oxygens (including phenoxy) is 1. The highest BCUT2D eigenvalue weighted by Gasteiger charge is 2.14. The number of amidine groups is 1. The molecule has 0 bridgehead atoms. The summed E-state index contributed by atoms with van der Waals surface area (Å²) in [6, 6.07) is 0. The Balaban J connectivity index is 2.31. The largest absolute Gasteiger partial charge is 0.450 e. The molecule has 0 atom stereocenters. The summed E-state index contributed by atoms with van der Waals surface area (Å²) in [5.41, 5.74) is 0. The van der Waals surface area contributed by atoms with Crippen molar-refractivity contribution >= 4 is 23.0 Å². The Labute approximate surface area is 75.1 Å². The molecule has 0 fully saturated rings. The molecule has 0 aromatic carbocycles. The first kappa shape index (κ1) is 9.18. The van der Waals surface area contributed by atoms with E-state index >= 15 is 0 Å². The molecule has 5 nitrogen and oxygen atoms in total. The van der Waals surface area contributed by atoms with Crippen molar-refractivity contribution in [2.24, 2.45) is 5.10 Å². The van der Waals surface area contributed by atoms with E-state index in [1.165, 1.54) is 11.8 Å². The van der Waals surface area contributed by atoms with Gasteiger partial charge in [0.15, 0.2) is 5.17 Å². The van der Waals surface area contributed by atoms with Crippen LogP contribution in [0.25, 0.3) is 0 Å². The predicted octanol–water partition coefficient (Wildman–Crippen LogP) is 0.640. The number of hydrogen-bond donors (Lipinski definition) is 1. The third kappa shape index (κ3) is 2.61. The van der Waals surface area contributed by atoms with E-state index in [4.69, 9.17) is 0 Å². The smallest absolute Gasteiger partial charge is 0.413 e. The molecule has 0 saturated heterocycles. The van der Waals surface area contributed by atoms with E-state index in [2.05, 4.69) is 15.2 Å². The number of nitrogens with one attached hydrogen (secondary N) is 1. The maximum atomic E-state index is 10.9. The molecule has 0 spiro atoms. The number of amides is 1. The highest BCUT2D eigenvalue weighted by atomic mass is 32.2. The lowest BCUT2D eigenvalue weighted by Gasteiger charge is -2.01. The second-order valence-electron chi connectivity index (χ2n) is 2.18. The van der Waals surface area contributed by atoms with E-state index < -0.39 is 6.09 Å². The standard InChI is InChI=1S/C6H11N3O2S/c1-3-11-6(10)7-5-8-9(2)4-12-5/h3-4H2,1-2H3,(H,7,8,10). The molecule has 68 valence electrons. The zero-order valence-corrected chi connectivity index (χ0v) is 7.85.